The van der Waals surface area contributed by atoms with E-state index in [1.807, 2.05) is 0 Å². The number of methoxy groups -OCH3 is 1. The molecule has 9 heavy (non-hydrogen) atoms. The Kier molecular flexibility index (Phi) is 13.0. The minimum atomic E-state index is -0.933. The van der Waals surface area contributed by atoms with Crippen molar-refractivity contribution in [1.29, 1.82) is 0 Å². The number of hydrogen-bond donors (Lipinski definition) is 1. The van der Waals surface area contributed by atoms with Gasteiger partial charge in [0.05, 0.1) is 0 Å². The van der Waals surface area contributed by atoms with Gasteiger partial charge in [0.25, 0.3) is 0 Å². The molecule has 0 spiro atoms. The fourth-order valence-corrected chi connectivity index (χ4v) is 0.123. The topological polar surface area (TPSA) is 46.5 Å². The minimum Gasteiger partial charge on any atom is -0.480 e. The molecule has 0 atom stereocenters. The zero-order valence-corrected chi connectivity index (χ0v) is 6.18. The summed E-state index contributed by atoms with van der Waals surface area (Å²) in [4.78, 5) is 9.47. The first-order chi connectivity index (χ1) is 4.18. The van der Waals surface area contributed by atoms with Gasteiger partial charge in [-0.1, -0.05) is 20.3 Å². The molecule has 0 fully saturated rings. The number of carboxylic acids is 1. The Bertz CT molecular complexity index is 61.3. The number of hydrogen-bond acceptors (Lipinski definition) is 2. The lowest BCUT2D eigenvalue weighted by Crippen LogP contribution is -2.02. The molecule has 0 radical (unpaired) electrons. The first kappa shape index (κ1) is 11.3. The van der Waals surface area contributed by atoms with Gasteiger partial charge in [0.15, 0.2) is 0 Å². The summed E-state index contributed by atoms with van der Waals surface area (Å²) in [6.07, 6.45) is 1.25. The molecule has 0 aliphatic heterocycles. The maximum absolute atomic E-state index is 9.47. The summed E-state index contributed by atoms with van der Waals surface area (Å²) >= 11 is 0. The molecular weight excluding hydrogens is 120 g/mol. The predicted molar refractivity (Wildman–Crippen MR) is 35.5 cm³/mol. The Morgan fingerprint density at radius 3 is 1.89 bits per heavy atom. The second-order valence-electron chi connectivity index (χ2n) is 1.53. The van der Waals surface area contributed by atoms with E-state index in [0.29, 0.717) is 0 Å². The SMILES string of the molecule is CCC.COCC(=O)O. The third-order valence-corrected chi connectivity index (χ3v) is 0.268. The third-order valence-electron chi connectivity index (χ3n) is 0.268. The molecule has 0 aromatic carbocycles. The second-order valence-corrected chi connectivity index (χ2v) is 1.53. The Balaban J connectivity index is 0. The van der Waals surface area contributed by atoms with Crippen LogP contribution in [0.25, 0.3) is 0 Å². The fourth-order valence-electron chi connectivity index (χ4n) is 0.123. The Labute approximate surface area is 55.6 Å². The summed E-state index contributed by atoms with van der Waals surface area (Å²) < 4.78 is 4.20. The molecule has 0 saturated heterocycles. The van der Waals surface area contributed by atoms with Gasteiger partial charge < -0.3 is 9.84 Å². The van der Waals surface area contributed by atoms with E-state index in [2.05, 4.69) is 18.6 Å². The second kappa shape index (κ2) is 10.4. The smallest absolute Gasteiger partial charge is 0.329 e. The highest BCUT2D eigenvalue weighted by Crippen LogP contribution is 1.61. The first-order valence-electron chi connectivity index (χ1n) is 2.89. The van der Waals surface area contributed by atoms with E-state index in [1.54, 1.807) is 0 Å². The highest BCUT2D eigenvalue weighted by molar-refractivity contribution is 5.67. The highest BCUT2D eigenvalue weighted by atomic mass is 16.5. The monoisotopic (exact) mass is 134 g/mol. The minimum absolute atomic E-state index is 0.208. The van der Waals surface area contributed by atoms with Gasteiger partial charge in [-0.15, -0.1) is 0 Å². The molecule has 3 nitrogen and oxygen atoms in total. The molecule has 3 heteroatoms. The molecule has 0 saturated carbocycles. The lowest BCUT2D eigenvalue weighted by molar-refractivity contribution is -0.141. The van der Waals surface area contributed by atoms with Crippen LogP contribution in [0.5, 0.6) is 0 Å². The molecule has 1 N–H and O–H groups in total. The molecule has 0 aliphatic rings. The number of carbonyl (C=O) groups is 1. The maximum atomic E-state index is 9.47. The van der Waals surface area contributed by atoms with Crippen LogP contribution in [-0.2, 0) is 9.53 Å². The van der Waals surface area contributed by atoms with Crippen molar-refractivity contribution in [3.8, 4) is 0 Å². The summed E-state index contributed by atoms with van der Waals surface area (Å²) in [7, 11) is 1.34. The van der Waals surface area contributed by atoms with Crippen molar-refractivity contribution in [2.75, 3.05) is 13.7 Å². The van der Waals surface area contributed by atoms with Crippen LogP contribution in [0.1, 0.15) is 20.3 Å². The van der Waals surface area contributed by atoms with Crippen molar-refractivity contribution in [3.63, 3.8) is 0 Å². The van der Waals surface area contributed by atoms with Crippen LogP contribution in [0, 0.1) is 0 Å². The molecule has 0 aromatic heterocycles. The van der Waals surface area contributed by atoms with E-state index in [9.17, 15) is 4.79 Å². The summed E-state index contributed by atoms with van der Waals surface area (Å²) in [5, 5.41) is 7.79. The van der Waals surface area contributed by atoms with Gasteiger partial charge in [-0.2, -0.15) is 0 Å². The maximum Gasteiger partial charge on any atom is 0.329 e. The Morgan fingerprint density at radius 2 is 1.89 bits per heavy atom. The Morgan fingerprint density at radius 1 is 1.56 bits per heavy atom. The zero-order chi connectivity index (χ0) is 7.70. The van der Waals surface area contributed by atoms with Crippen molar-refractivity contribution < 1.29 is 14.6 Å². The Hall–Kier alpha value is -0.570. The molecule has 0 aliphatic carbocycles. The lowest BCUT2D eigenvalue weighted by Gasteiger charge is -1.83. The average Bonchev–Trinajstić information content (AvgIpc) is 1.67. The van der Waals surface area contributed by atoms with Gasteiger partial charge in [-0.25, -0.2) is 4.79 Å². The molecular formula is C6H14O3. The number of rotatable bonds is 2. The van der Waals surface area contributed by atoms with E-state index in [0.717, 1.165) is 0 Å². The van der Waals surface area contributed by atoms with E-state index in [4.69, 9.17) is 5.11 Å². The molecule has 56 valence electrons. The van der Waals surface area contributed by atoms with Crippen LogP contribution in [0.3, 0.4) is 0 Å². The van der Waals surface area contributed by atoms with Crippen LogP contribution in [0.4, 0.5) is 0 Å². The average molecular weight is 134 g/mol. The van der Waals surface area contributed by atoms with Crippen LogP contribution in [0.2, 0.25) is 0 Å². The highest BCUT2D eigenvalue weighted by Gasteiger charge is 1.87. The van der Waals surface area contributed by atoms with Gasteiger partial charge in [-0.05, 0) is 0 Å². The normalized spacial score (nSPS) is 7.44. The predicted octanol–water partition coefficient (Wildman–Crippen LogP) is 1.13. The van der Waals surface area contributed by atoms with Gasteiger partial charge >= 0.3 is 5.97 Å². The van der Waals surface area contributed by atoms with E-state index in [1.165, 1.54) is 13.5 Å². The summed E-state index contributed by atoms with van der Waals surface area (Å²) in [6, 6.07) is 0. The first-order valence-corrected chi connectivity index (χ1v) is 2.89. The lowest BCUT2D eigenvalue weighted by atomic mass is 10.6. The van der Waals surface area contributed by atoms with Crippen LogP contribution in [0.15, 0.2) is 0 Å². The van der Waals surface area contributed by atoms with Crippen molar-refractivity contribution in [3.05, 3.63) is 0 Å². The number of ether oxygens (including phenoxy) is 1. The van der Waals surface area contributed by atoms with Gasteiger partial charge in [0.2, 0.25) is 0 Å². The van der Waals surface area contributed by atoms with Crippen molar-refractivity contribution >= 4 is 5.97 Å². The molecule has 0 aromatic rings. The van der Waals surface area contributed by atoms with Crippen molar-refractivity contribution in [2.24, 2.45) is 0 Å². The summed E-state index contributed by atoms with van der Waals surface area (Å²) in [5.74, 6) is -0.933. The van der Waals surface area contributed by atoms with E-state index in [-0.39, 0.29) is 6.61 Å². The van der Waals surface area contributed by atoms with Gasteiger partial charge in [0, 0.05) is 7.11 Å². The molecule has 0 heterocycles. The molecule has 0 amide bonds. The summed E-state index contributed by atoms with van der Waals surface area (Å²) in [6.45, 7) is 4.04. The van der Waals surface area contributed by atoms with Gasteiger partial charge in [0.1, 0.15) is 6.61 Å². The standard InChI is InChI=1S/C3H6O3.C3H8/c1-6-2-3(4)5;1-3-2/h2H2,1H3,(H,4,5);3H2,1-2H3. The van der Waals surface area contributed by atoms with Crippen molar-refractivity contribution in [2.45, 2.75) is 20.3 Å². The quantitative estimate of drug-likeness (QED) is 0.615. The van der Waals surface area contributed by atoms with E-state index < -0.39 is 5.97 Å². The number of aliphatic carboxylic acids is 1. The van der Waals surface area contributed by atoms with Crippen molar-refractivity contribution in [1.82, 2.24) is 0 Å². The fraction of sp³-hybridized carbons (Fsp3) is 0.833. The zero-order valence-electron chi connectivity index (χ0n) is 6.18. The largest absolute Gasteiger partial charge is 0.480 e. The van der Waals surface area contributed by atoms with Gasteiger partial charge in [-0.3, -0.25) is 0 Å². The van der Waals surface area contributed by atoms with Crippen LogP contribution < -0.4 is 0 Å². The molecule has 0 unspecified atom stereocenters. The number of carboxylic acid groups (broad SMARTS) is 1. The van der Waals surface area contributed by atoms with Crippen LogP contribution >= 0.6 is 0 Å². The molecule has 0 rings (SSSR count). The van der Waals surface area contributed by atoms with Crippen LogP contribution in [-0.4, -0.2) is 24.8 Å². The third kappa shape index (κ3) is 37.1. The molecule has 0 bridgehead atoms. The summed E-state index contributed by atoms with van der Waals surface area (Å²) in [5.41, 5.74) is 0. The van der Waals surface area contributed by atoms with E-state index >= 15 is 0 Å².